The SMILES string of the molecule is Cl.NC(N)=NCC1CCC(C(=O)Oc2ccc(-c3ccc(C(=O)OCc4ccc(Cl)cc4)cc3)cc2)CC1. The lowest BCUT2D eigenvalue weighted by Crippen LogP contribution is -2.28. The third kappa shape index (κ3) is 8.23. The maximum atomic E-state index is 12.6. The van der Waals surface area contributed by atoms with Crippen molar-refractivity contribution in [3.05, 3.63) is 88.9 Å². The highest BCUT2D eigenvalue weighted by molar-refractivity contribution is 6.30. The van der Waals surface area contributed by atoms with Gasteiger partial charge in [0.2, 0.25) is 0 Å². The molecule has 0 amide bonds. The first-order valence-corrected chi connectivity index (χ1v) is 12.6. The number of ether oxygens (including phenoxy) is 2. The van der Waals surface area contributed by atoms with Crippen LogP contribution in [0.4, 0.5) is 0 Å². The number of esters is 2. The average Bonchev–Trinajstić information content (AvgIpc) is 2.92. The topological polar surface area (TPSA) is 117 Å². The molecule has 1 saturated carbocycles. The number of aliphatic imine (C=N–C) groups is 1. The van der Waals surface area contributed by atoms with Crippen LogP contribution in [0.3, 0.4) is 0 Å². The van der Waals surface area contributed by atoms with Crippen molar-refractivity contribution >= 4 is 41.9 Å². The van der Waals surface area contributed by atoms with E-state index >= 15 is 0 Å². The van der Waals surface area contributed by atoms with E-state index in [1.807, 2.05) is 36.4 Å². The molecule has 0 bridgehead atoms. The van der Waals surface area contributed by atoms with Crippen molar-refractivity contribution in [2.75, 3.05) is 6.54 Å². The fraction of sp³-hybridized carbons (Fsp3) is 0.276. The van der Waals surface area contributed by atoms with Crippen molar-refractivity contribution in [1.82, 2.24) is 0 Å². The van der Waals surface area contributed by atoms with Gasteiger partial charge < -0.3 is 20.9 Å². The second kappa shape index (κ2) is 13.8. The predicted octanol–water partition coefficient (Wildman–Crippen LogP) is 5.77. The molecule has 0 saturated heterocycles. The zero-order valence-electron chi connectivity index (χ0n) is 20.8. The monoisotopic (exact) mass is 555 g/mol. The predicted molar refractivity (Wildman–Crippen MR) is 151 cm³/mol. The molecule has 200 valence electrons. The number of carbonyl (C=O) groups is 2. The minimum Gasteiger partial charge on any atom is -0.457 e. The molecule has 0 heterocycles. The first kappa shape index (κ1) is 29.0. The van der Waals surface area contributed by atoms with Crippen molar-refractivity contribution in [2.24, 2.45) is 28.3 Å². The molecule has 0 unspecified atom stereocenters. The molecule has 3 aromatic carbocycles. The van der Waals surface area contributed by atoms with Crippen molar-refractivity contribution < 1.29 is 19.1 Å². The van der Waals surface area contributed by atoms with Crippen LogP contribution >= 0.6 is 24.0 Å². The quantitative estimate of drug-likeness (QED) is 0.157. The highest BCUT2D eigenvalue weighted by Crippen LogP contribution is 2.31. The molecule has 9 heteroatoms. The summed E-state index contributed by atoms with van der Waals surface area (Å²) in [7, 11) is 0. The smallest absolute Gasteiger partial charge is 0.338 e. The third-order valence-electron chi connectivity index (χ3n) is 6.52. The number of carbonyl (C=O) groups excluding carboxylic acids is 2. The molecule has 0 atom stereocenters. The van der Waals surface area contributed by atoms with Gasteiger partial charge in [0.1, 0.15) is 12.4 Å². The zero-order chi connectivity index (χ0) is 26.2. The molecule has 1 aliphatic rings. The second-order valence-corrected chi connectivity index (χ2v) is 9.65. The lowest BCUT2D eigenvalue weighted by atomic mass is 9.82. The van der Waals surface area contributed by atoms with Crippen molar-refractivity contribution in [2.45, 2.75) is 32.3 Å². The summed E-state index contributed by atoms with van der Waals surface area (Å²) in [6, 6.07) is 21.7. The van der Waals surface area contributed by atoms with Gasteiger partial charge >= 0.3 is 11.9 Å². The Balaban J connectivity index is 0.00000400. The summed E-state index contributed by atoms with van der Waals surface area (Å²) >= 11 is 5.88. The molecule has 1 fully saturated rings. The Bertz CT molecular complexity index is 1230. The van der Waals surface area contributed by atoms with Gasteiger partial charge in [-0.2, -0.15) is 0 Å². The Morgan fingerprint density at radius 1 is 0.842 bits per heavy atom. The molecule has 4 rings (SSSR count). The van der Waals surface area contributed by atoms with Crippen LogP contribution in [0.15, 0.2) is 77.8 Å². The van der Waals surface area contributed by atoms with E-state index in [1.165, 1.54) is 0 Å². The summed E-state index contributed by atoms with van der Waals surface area (Å²) in [6.07, 6.45) is 3.35. The van der Waals surface area contributed by atoms with Gasteiger partial charge in [-0.1, -0.05) is 48.0 Å². The fourth-order valence-corrected chi connectivity index (χ4v) is 4.47. The number of hydrogen-bond donors (Lipinski definition) is 2. The van der Waals surface area contributed by atoms with E-state index in [9.17, 15) is 9.59 Å². The maximum Gasteiger partial charge on any atom is 0.338 e. The van der Waals surface area contributed by atoms with Crippen LogP contribution in [-0.4, -0.2) is 24.4 Å². The Morgan fingerprint density at radius 3 is 2.00 bits per heavy atom. The van der Waals surface area contributed by atoms with Gasteiger partial charge in [-0.3, -0.25) is 9.79 Å². The molecule has 38 heavy (non-hydrogen) atoms. The van der Waals surface area contributed by atoms with E-state index in [0.717, 1.165) is 42.4 Å². The van der Waals surface area contributed by atoms with E-state index in [2.05, 4.69) is 4.99 Å². The standard InChI is InChI=1S/C29H30ClN3O4.ClH/c30-25-13-3-20(4-14-25)18-36-27(34)23-9-7-21(8-10-23)22-11-15-26(16-12-22)37-28(35)24-5-1-19(2-6-24)17-33-29(31)32;/h3-4,7-16,19,24H,1-2,5-6,17-18H2,(H4,31,32,33);1H. The number of rotatable bonds is 8. The molecular weight excluding hydrogens is 525 g/mol. The van der Waals surface area contributed by atoms with Crippen LogP contribution < -0.4 is 16.2 Å². The van der Waals surface area contributed by atoms with Crippen LogP contribution in [0.1, 0.15) is 41.6 Å². The minimum absolute atomic E-state index is 0. The Labute approximate surface area is 233 Å². The maximum absolute atomic E-state index is 12.6. The summed E-state index contributed by atoms with van der Waals surface area (Å²) in [5.74, 6) is 0.320. The number of nitrogens with two attached hydrogens (primary N) is 2. The van der Waals surface area contributed by atoms with Crippen LogP contribution in [0.25, 0.3) is 11.1 Å². The molecule has 0 spiro atoms. The minimum atomic E-state index is -0.394. The van der Waals surface area contributed by atoms with Crippen molar-refractivity contribution in [1.29, 1.82) is 0 Å². The van der Waals surface area contributed by atoms with E-state index in [-0.39, 0.29) is 36.9 Å². The molecular formula is C29H31Cl2N3O4. The zero-order valence-corrected chi connectivity index (χ0v) is 22.4. The third-order valence-corrected chi connectivity index (χ3v) is 6.77. The van der Waals surface area contributed by atoms with Gasteiger partial charge in [-0.15, -0.1) is 12.4 Å². The summed E-state index contributed by atoms with van der Waals surface area (Å²) in [5.41, 5.74) is 14.0. The van der Waals surface area contributed by atoms with E-state index in [4.69, 9.17) is 32.5 Å². The van der Waals surface area contributed by atoms with Gasteiger partial charge in [0.05, 0.1) is 11.5 Å². The fourth-order valence-electron chi connectivity index (χ4n) is 4.34. The van der Waals surface area contributed by atoms with Crippen LogP contribution in [0, 0.1) is 11.8 Å². The highest BCUT2D eigenvalue weighted by Gasteiger charge is 2.27. The van der Waals surface area contributed by atoms with E-state index in [1.54, 1.807) is 36.4 Å². The largest absolute Gasteiger partial charge is 0.457 e. The summed E-state index contributed by atoms with van der Waals surface area (Å²) in [4.78, 5) is 29.1. The lowest BCUT2D eigenvalue weighted by molar-refractivity contribution is -0.140. The van der Waals surface area contributed by atoms with Crippen molar-refractivity contribution in [3.63, 3.8) is 0 Å². The number of halogens is 2. The summed E-state index contributed by atoms with van der Waals surface area (Å²) in [5, 5.41) is 0.635. The summed E-state index contributed by atoms with van der Waals surface area (Å²) < 4.78 is 11.0. The molecule has 0 aliphatic heterocycles. The number of nitrogens with zero attached hydrogens (tertiary/aromatic N) is 1. The first-order valence-electron chi connectivity index (χ1n) is 12.3. The van der Waals surface area contributed by atoms with Crippen molar-refractivity contribution in [3.8, 4) is 16.9 Å². The molecule has 1 aliphatic carbocycles. The molecule has 3 aromatic rings. The number of hydrogen-bond acceptors (Lipinski definition) is 5. The van der Waals surface area contributed by atoms with Crippen LogP contribution in [0.2, 0.25) is 5.02 Å². The highest BCUT2D eigenvalue weighted by atomic mass is 35.5. The summed E-state index contributed by atoms with van der Waals surface area (Å²) in [6.45, 7) is 0.786. The normalized spacial score (nSPS) is 16.6. The Hall–Kier alpha value is -3.55. The number of guanidine groups is 1. The molecule has 0 radical (unpaired) electrons. The molecule has 4 N–H and O–H groups in total. The van der Waals surface area contributed by atoms with E-state index < -0.39 is 5.97 Å². The van der Waals surface area contributed by atoms with Gasteiger partial charge in [0.25, 0.3) is 0 Å². The van der Waals surface area contributed by atoms with Gasteiger partial charge in [-0.25, -0.2) is 4.79 Å². The first-order chi connectivity index (χ1) is 17.9. The van der Waals surface area contributed by atoms with Crippen LogP contribution in [0.5, 0.6) is 5.75 Å². The average molecular weight is 556 g/mol. The van der Waals surface area contributed by atoms with E-state index in [0.29, 0.717) is 28.8 Å². The second-order valence-electron chi connectivity index (χ2n) is 9.21. The Morgan fingerprint density at radius 2 is 1.42 bits per heavy atom. The molecule has 7 nitrogen and oxygen atoms in total. The van der Waals surface area contributed by atoms with Gasteiger partial charge in [0, 0.05) is 11.6 Å². The van der Waals surface area contributed by atoms with Gasteiger partial charge in [-0.05, 0) is 84.7 Å². The lowest BCUT2D eigenvalue weighted by Gasteiger charge is -2.26. The van der Waals surface area contributed by atoms with Gasteiger partial charge in [0.15, 0.2) is 5.96 Å². The Kier molecular flexibility index (Phi) is 10.6. The molecule has 0 aromatic heterocycles. The number of benzene rings is 3. The van der Waals surface area contributed by atoms with Crippen LogP contribution in [-0.2, 0) is 16.1 Å².